The molecule has 0 atom stereocenters. The lowest BCUT2D eigenvalue weighted by Gasteiger charge is -2.16. The van der Waals surface area contributed by atoms with E-state index < -0.39 is 0 Å². The Hall–Kier alpha value is -0.820. The zero-order valence-corrected chi connectivity index (χ0v) is 12.3. The predicted molar refractivity (Wildman–Crippen MR) is 76.8 cm³/mol. The van der Waals surface area contributed by atoms with E-state index in [-0.39, 0.29) is 0 Å². The number of aryl methyl sites for hydroxylation is 2. The summed E-state index contributed by atoms with van der Waals surface area (Å²) in [5.74, 6) is 0.733. The Morgan fingerprint density at radius 1 is 1.00 bits per heavy atom. The molecule has 1 N–H and O–H groups in total. The number of hydrogen-bond donors (Lipinski definition) is 1. The van der Waals surface area contributed by atoms with E-state index in [0.29, 0.717) is 0 Å². The van der Waals surface area contributed by atoms with E-state index in [1.165, 1.54) is 22.3 Å². The number of benzene rings is 1. The van der Waals surface area contributed by atoms with Gasteiger partial charge in [0.05, 0.1) is 0 Å². The molecule has 1 nitrogen and oxygen atoms in total. The van der Waals surface area contributed by atoms with E-state index in [1.54, 1.807) is 5.56 Å². The fourth-order valence-electron chi connectivity index (χ4n) is 2.28. The Morgan fingerprint density at radius 3 is 2.00 bits per heavy atom. The van der Waals surface area contributed by atoms with Gasteiger partial charge in [-0.15, -0.1) is 0 Å². The molecule has 0 bridgehead atoms. The van der Waals surface area contributed by atoms with Gasteiger partial charge in [0.1, 0.15) is 0 Å². The SMILES string of the molecule is Cc1cc(C)c(C)c(CCNCC(C)C)c1C. The van der Waals surface area contributed by atoms with E-state index in [0.717, 1.165) is 25.4 Å². The summed E-state index contributed by atoms with van der Waals surface area (Å²) in [7, 11) is 0. The Bertz CT molecular complexity index is 351. The van der Waals surface area contributed by atoms with Crippen molar-refractivity contribution < 1.29 is 0 Å². The van der Waals surface area contributed by atoms with Crippen LogP contribution in [0.3, 0.4) is 0 Å². The molecule has 0 heterocycles. The number of rotatable bonds is 5. The van der Waals surface area contributed by atoms with Crippen LogP contribution in [0.5, 0.6) is 0 Å². The molecule has 0 aliphatic carbocycles. The van der Waals surface area contributed by atoms with Crippen LogP contribution >= 0.6 is 0 Å². The summed E-state index contributed by atoms with van der Waals surface area (Å²) in [5.41, 5.74) is 7.33. The highest BCUT2D eigenvalue weighted by atomic mass is 14.8. The maximum absolute atomic E-state index is 3.53. The Labute approximate surface area is 107 Å². The molecule has 1 rings (SSSR count). The lowest BCUT2D eigenvalue weighted by molar-refractivity contribution is 0.553. The van der Waals surface area contributed by atoms with Gasteiger partial charge in [-0.05, 0) is 80.9 Å². The molecular formula is C16H27N. The molecule has 96 valence electrons. The summed E-state index contributed by atoms with van der Waals surface area (Å²) in [6.45, 7) is 15.6. The normalized spacial score (nSPS) is 11.2. The van der Waals surface area contributed by atoms with Gasteiger partial charge in [-0.3, -0.25) is 0 Å². The molecule has 0 fully saturated rings. The van der Waals surface area contributed by atoms with Crippen LogP contribution in [0.15, 0.2) is 6.07 Å². The zero-order chi connectivity index (χ0) is 13.0. The van der Waals surface area contributed by atoms with Crippen LogP contribution in [0.2, 0.25) is 0 Å². The highest BCUT2D eigenvalue weighted by Gasteiger charge is 2.07. The summed E-state index contributed by atoms with van der Waals surface area (Å²) in [5, 5.41) is 3.53. The molecule has 0 amide bonds. The molecule has 0 aliphatic heterocycles. The van der Waals surface area contributed by atoms with E-state index >= 15 is 0 Å². The van der Waals surface area contributed by atoms with Crippen molar-refractivity contribution in [2.24, 2.45) is 5.92 Å². The lowest BCUT2D eigenvalue weighted by atomic mass is 9.92. The summed E-state index contributed by atoms with van der Waals surface area (Å²) < 4.78 is 0. The van der Waals surface area contributed by atoms with Gasteiger partial charge in [0.2, 0.25) is 0 Å². The van der Waals surface area contributed by atoms with Gasteiger partial charge >= 0.3 is 0 Å². The second-order valence-electron chi connectivity index (χ2n) is 5.59. The summed E-state index contributed by atoms with van der Waals surface area (Å²) in [6, 6.07) is 2.30. The van der Waals surface area contributed by atoms with Crippen molar-refractivity contribution in [2.75, 3.05) is 13.1 Å². The van der Waals surface area contributed by atoms with E-state index in [2.05, 4.69) is 52.9 Å². The topological polar surface area (TPSA) is 12.0 Å². The Morgan fingerprint density at radius 2 is 1.53 bits per heavy atom. The third kappa shape index (κ3) is 3.85. The first-order valence-electron chi connectivity index (χ1n) is 6.70. The highest BCUT2D eigenvalue weighted by molar-refractivity contribution is 5.44. The van der Waals surface area contributed by atoms with Crippen molar-refractivity contribution in [2.45, 2.75) is 48.0 Å². The predicted octanol–water partition coefficient (Wildman–Crippen LogP) is 3.71. The first kappa shape index (κ1) is 14.2. The molecule has 1 aromatic carbocycles. The summed E-state index contributed by atoms with van der Waals surface area (Å²) in [6.07, 6.45) is 1.15. The first-order chi connectivity index (χ1) is 7.93. The van der Waals surface area contributed by atoms with Gasteiger partial charge in [0.15, 0.2) is 0 Å². The summed E-state index contributed by atoms with van der Waals surface area (Å²) >= 11 is 0. The second kappa shape index (κ2) is 6.20. The van der Waals surface area contributed by atoms with Crippen LogP contribution < -0.4 is 5.32 Å². The van der Waals surface area contributed by atoms with Crippen LogP contribution in [0, 0.1) is 33.6 Å². The van der Waals surface area contributed by atoms with Crippen LogP contribution in [-0.4, -0.2) is 13.1 Å². The maximum atomic E-state index is 3.53. The highest BCUT2D eigenvalue weighted by Crippen LogP contribution is 2.21. The van der Waals surface area contributed by atoms with Crippen molar-refractivity contribution in [3.8, 4) is 0 Å². The number of nitrogens with one attached hydrogen (secondary N) is 1. The van der Waals surface area contributed by atoms with Gasteiger partial charge in [0, 0.05) is 0 Å². The monoisotopic (exact) mass is 233 g/mol. The Kier molecular flexibility index (Phi) is 5.20. The average molecular weight is 233 g/mol. The fourth-order valence-corrected chi connectivity index (χ4v) is 2.28. The molecule has 17 heavy (non-hydrogen) atoms. The molecule has 0 radical (unpaired) electrons. The maximum Gasteiger partial charge on any atom is -0.000804 e. The largest absolute Gasteiger partial charge is 0.316 e. The molecule has 0 saturated heterocycles. The molecule has 0 saturated carbocycles. The molecule has 0 aromatic heterocycles. The minimum absolute atomic E-state index is 0.733. The molecule has 1 aromatic rings. The standard InChI is InChI=1S/C16H27N/c1-11(2)10-17-8-7-16-14(5)12(3)9-13(4)15(16)6/h9,11,17H,7-8,10H2,1-6H3. The molecule has 0 aliphatic rings. The van der Waals surface area contributed by atoms with Crippen molar-refractivity contribution in [1.29, 1.82) is 0 Å². The minimum atomic E-state index is 0.733. The van der Waals surface area contributed by atoms with Crippen molar-refractivity contribution in [3.05, 3.63) is 33.9 Å². The van der Waals surface area contributed by atoms with Crippen LogP contribution in [0.25, 0.3) is 0 Å². The lowest BCUT2D eigenvalue weighted by Crippen LogP contribution is -2.22. The second-order valence-corrected chi connectivity index (χ2v) is 5.59. The Balaban J connectivity index is 2.70. The van der Waals surface area contributed by atoms with Crippen LogP contribution in [0.4, 0.5) is 0 Å². The first-order valence-corrected chi connectivity index (χ1v) is 6.70. The van der Waals surface area contributed by atoms with Gasteiger partial charge in [-0.1, -0.05) is 19.9 Å². The number of hydrogen-bond acceptors (Lipinski definition) is 1. The van der Waals surface area contributed by atoms with Crippen molar-refractivity contribution in [1.82, 2.24) is 5.32 Å². The van der Waals surface area contributed by atoms with Crippen LogP contribution in [-0.2, 0) is 6.42 Å². The smallest absolute Gasteiger partial charge is 0.000804 e. The third-order valence-electron chi connectivity index (χ3n) is 3.63. The van der Waals surface area contributed by atoms with E-state index in [1.807, 2.05) is 0 Å². The van der Waals surface area contributed by atoms with Crippen LogP contribution in [0.1, 0.15) is 41.7 Å². The van der Waals surface area contributed by atoms with Gasteiger partial charge in [-0.2, -0.15) is 0 Å². The molecule has 0 unspecified atom stereocenters. The van der Waals surface area contributed by atoms with Gasteiger partial charge in [-0.25, -0.2) is 0 Å². The fraction of sp³-hybridized carbons (Fsp3) is 0.625. The third-order valence-corrected chi connectivity index (χ3v) is 3.63. The van der Waals surface area contributed by atoms with Gasteiger partial charge < -0.3 is 5.32 Å². The molecular weight excluding hydrogens is 206 g/mol. The van der Waals surface area contributed by atoms with Crippen molar-refractivity contribution in [3.63, 3.8) is 0 Å². The molecule has 1 heteroatoms. The van der Waals surface area contributed by atoms with E-state index in [9.17, 15) is 0 Å². The average Bonchev–Trinajstić information content (AvgIpc) is 2.25. The zero-order valence-electron chi connectivity index (χ0n) is 12.3. The molecule has 0 spiro atoms. The van der Waals surface area contributed by atoms with Crippen molar-refractivity contribution >= 4 is 0 Å². The minimum Gasteiger partial charge on any atom is -0.316 e. The van der Waals surface area contributed by atoms with E-state index in [4.69, 9.17) is 0 Å². The quantitative estimate of drug-likeness (QED) is 0.765. The summed E-state index contributed by atoms with van der Waals surface area (Å²) in [4.78, 5) is 0. The van der Waals surface area contributed by atoms with Gasteiger partial charge in [0.25, 0.3) is 0 Å².